The van der Waals surface area contributed by atoms with Crippen LogP contribution in [0.3, 0.4) is 0 Å². The number of piperidine rings is 1. The molecule has 0 aliphatic carbocycles. The van der Waals surface area contributed by atoms with Crippen LogP contribution in [0.1, 0.15) is 41.5 Å². The largest absolute Gasteiger partial charge is 0.481 e. The highest BCUT2D eigenvalue weighted by Crippen LogP contribution is 2.25. The van der Waals surface area contributed by atoms with Crippen LogP contribution in [0.5, 0.6) is 0 Å². The minimum atomic E-state index is -0.833. The maximum Gasteiger partial charge on any atom is 0.308 e. The molecule has 2 aromatic rings. The van der Waals surface area contributed by atoms with E-state index in [4.69, 9.17) is 0 Å². The van der Waals surface area contributed by atoms with E-state index in [0.717, 1.165) is 15.7 Å². The average Bonchev–Trinajstić information content (AvgIpc) is 2.93. The van der Waals surface area contributed by atoms with E-state index in [1.165, 1.54) is 0 Å². The molecular formula is C17H20BrN3O3. The number of nitrogens with zero attached hydrogens (tertiary/aromatic N) is 3. The molecule has 24 heavy (non-hydrogen) atoms. The highest BCUT2D eigenvalue weighted by molar-refractivity contribution is 9.10. The fourth-order valence-corrected chi connectivity index (χ4v) is 3.91. The maximum atomic E-state index is 13.1. The van der Waals surface area contributed by atoms with E-state index in [2.05, 4.69) is 20.9 Å². The smallest absolute Gasteiger partial charge is 0.308 e. The number of carboxylic acids is 1. The Kier molecular flexibility index (Phi) is 4.62. The number of carbonyl (C=O) groups excluding carboxylic acids is 1. The summed E-state index contributed by atoms with van der Waals surface area (Å²) in [7, 11) is 0. The van der Waals surface area contributed by atoms with Gasteiger partial charge < -0.3 is 10.0 Å². The third-order valence-corrected chi connectivity index (χ3v) is 5.06. The zero-order valence-electron chi connectivity index (χ0n) is 13.8. The van der Waals surface area contributed by atoms with Crippen LogP contribution in [0.2, 0.25) is 0 Å². The van der Waals surface area contributed by atoms with Gasteiger partial charge in [0, 0.05) is 19.3 Å². The molecular weight excluding hydrogens is 374 g/mol. The number of aryl methyl sites for hydroxylation is 2. The van der Waals surface area contributed by atoms with Gasteiger partial charge in [-0.1, -0.05) is 6.92 Å². The molecule has 1 saturated heterocycles. The number of hydrogen-bond acceptors (Lipinski definition) is 3. The molecule has 128 valence electrons. The van der Waals surface area contributed by atoms with Gasteiger partial charge >= 0.3 is 5.97 Å². The van der Waals surface area contributed by atoms with Crippen LogP contribution in [-0.2, 0) is 11.2 Å². The molecule has 1 fully saturated rings. The van der Waals surface area contributed by atoms with Gasteiger partial charge in [0.05, 0.1) is 16.1 Å². The van der Waals surface area contributed by atoms with Crippen molar-refractivity contribution in [3.63, 3.8) is 0 Å². The van der Waals surface area contributed by atoms with Crippen molar-refractivity contribution in [1.29, 1.82) is 0 Å². The van der Waals surface area contributed by atoms with E-state index in [9.17, 15) is 14.7 Å². The number of pyridine rings is 1. The summed E-state index contributed by atoms with van der Waals surface area (Å²) >= 11 is 3.51. The zero-order chi connectivity index (χ0) is 17.4. The molecule has 1 amide bonds. The molecule has 0 spiro atoms. The number of halogens is 1. The molecule has 1 N–H and O–H groups in total. The highest BCUT2D eigenvalue weighted by atomic mass is 79.9. The topological polar surface area (TPSA) is 74.9 Å². The first kappa shape index (κ1) is 17.0. The summed E-state index contributed by atoms with van der Waals surface area (Å²) in [6, 6.07) is 1.97. The summed E-state index contributed by atoms with van der Waals surface area (Å²) in [6.07, 6.45) is 3.88. The first-order chi connectivity index (χ1) is 11.4. The first-order valence-corrected chi connectivity index (χ1v) is 8.90. The number of aromatic nitrogens is 2. The van der Waals surface area contributed by atoms with Crippen LogP contribution in [0.15, 0.2) is 16.7 Å². The summed E-state index contributed by atoms with van der Waals surface area (Å²) in [6.45, 7) is 4.78. The number of fused-ring (bicyclic) bond motifs is 1. The number of hydrogen-bond donors (Lipinski definition) is 1. The van der Waals surface area contributed by atoms with E-state index in [-0.39, 0.29) is 12.5 Å². The lowest BCUT2D eigenvalue weighted by Crippen LogP contribution is -2.43. The molecule has 3 rings (SSSR count). The molecule has 1 unspecified atom stereocenters. The Hall–Kier alpha value is -1.89. The van der Waals surface area contributed by atoms with E-state index in [1.54, 1.807) is 4.90 Å². The van der Waals surface area contributed by atoms with Crippen LogP contribution in [0.25, 0.3) is 5.65 Å². The molecule has 7 heteroatoms. The van der Waals surface area contributed by atoms with E-state index in [1.807, 2.05) is 30.5 Å². The molecule has 0 bridgehead atoms. The number of rotatable bonds is 3. The first-order valence-electron chi connectivity index (χ1n) is 8.11. The van der Waals surface area contributed by atoms with Gasteiger partial charge in [-0.25, -0.2) is 4.98 Å². The van der Waals surface area contributed by atoms with Gasteiger partial charge in [-0.3, -0.25) is 14.0 Å². The van der Waals surface area contributed by atoms with E-state index >= 15 is 0 Å². The van der Waals surface area contributed by atoms with Crippen LogP contribution < -0.4 is 0 Å². The number of imidazole rings is 1. The van der Waals surface area contributed by atoms with Crippen molar-refractivity contribution in [3.05, 3.63) is 33.7 Å². The second kappa shape index (κ2) is 6.55. The Balaban J connectivity index is 2.04. The van der Waals surface area contributed by atoms with Gasteiger partial charge in [-0.15, -0.1) is 0 Å². The zero-order valence-corrected chi connectivity index (χ0v) is 15.3. The fraction of sp³-hybridized carbons (Fsp3) is 0.471. The molecule has 3 heterocycles. The van der Waals surface area contributed by atoms with Gasteiger partial charge in [0.25, 0.3) is 5.91 Å². The summed E-state index contributed by atoms with van der Waals surface area (Å²) in [5.74, 6) is -1.46. The van der Waals surface area contributed by atoms with Crippen molar-refractivity contribution in [2.24, 2.45) is 5.92 Å². The molecule has 1 aliphatic heterocycles. The molecule has 0 aromatic carbocycles. The van der Waals surface area contributed by atoms with Gasteiger partial charge in [-0.2, -0.15) is 0 Å². The summed E-state index contributed by atoms with van der Waals surface area (Å²) in [5.41, 5.74) is 3.02. The predicted molar refractivity (Wildman–Crippen MR) is 93.3 cm³/mol. The van der Waals surface area contributed by atoms with Crippen molar-refractivity contribution in [2.45, 2.75) is 33.1 Å². The monoisotopic (exact) mass is 393 g/mol. The number of carboxylic acid groups (broad SMARTS) is 1. The summed E-state index contributed by atoms with van der Waals surface area (Å²) < 4.78 is 2.67. The Bertz CT molecular complexity index is 815. The number of carbonyl (C=O) groups is 2. The quantitative estimate of drug-likeness (QED) is 0.869. The molecule has 6 nitrogen and oxygen atoms in total. The Morgan fingerprint density at radius 3 is 2.88 bits per heavy atom. The lowest BCUT2D eigenvalue weighted by Gasteiger charge is -2.30. The molecule has 2 aromatic heterocycles. The lowest BCUT2D eigenvalue weighted by molar-refractivity contribution is -0.143. The summed E-state index contributed by atoms with van der Waals surface area (Å²) in [5, 5.41) is 9.25. The average molecular weight is 394 g/mol. The van der Waals surface area contributed by atoms with Crippen LogP contribution >= 0.6 is 15.9 Å². The van der Waals surface area contributed by atoms with Crippen LogP contribution in [-0.4, -0.2) is 44.4 Å². The molecule has 0 saturated carbocycles. The summed E-state index contributed by atoms with van der Waals surface area (Å²) in [4.78, 5) is 30.6. The number of aliphatic carboxylic acids is 1. The molecule has 1 atom stereocenters. The molecule has 1 aliphatic rings. The third kappa shape index (κ3) is 2.92. The Morgan fingerprint density at radius 2 is 2.21 bits per heavy atom. The van der Waals surface area contributed by atoms with Gasteiger partial charge in [0.1, 0.15) is 5.69 Å². The van der Waals surface area contributed by atoms with Crippen molar-refractivity contribution in [1.82, 2.24) is 14.3 Å². The minimum Gasteiger partial charge on any atom is -0.481 e. The van der Waals surface area contributed by atoms with E-state index in [0.29, 0.717) is 37.1 Å². The minimum absolute atomic E-state index is 0.136. The normalized spacial score (nSPS) is 18.1. The van der Waals surface area contributed by atoms with Gasteiger partial charge in [-0.05, 0) is 53.7 Å². The van der Waals surface area contributed by atoms with Crippen molar-refractivity contribution in [2.75, 3.05) is 13.1 Å². The standard InChI is InChI=1S/C17H20BrN3O3/c1-3-13-14(21-8-10(2)7-12(18)15(21)19-13)16(22)20-6-4-5-11(9-20)17(23)24/h7-8,11H,3-6,9H2,1-2H3,(H,23,24). The predicted octanol–water partition coefficient (Wildman–Crippen LogP) is 2.90. The van der Waals surface area contributed by atoms with Crippen LogP contribution in [0.4, 0.5) is 0 Å². The van der Waals surface area contributed by atoms with Crippen molar-refractivity contribution >= 4 is 33.5 Å². The number of amides is 1. The highest BCUT2D eigenvalue weighted by Gasteiger charge is 2.31. The van der Waals surface area contributed by atoms with Crippen molar-refractivity contribution < 1.29 is 14.7 Å². The van der Waals surface area contributed by atoms with Gasteiger partial charge in [0.2, 0.25) is 0 Å². The number of likely N-dealkylation sites (tertiary alicyclic amines) is 1. The van der Waals surface area contributed by atoms with E-state index < -0.39 is 11.9 Å². The fourth-order valence-electron chi connectivity index (χ4n) is 3.27. The van der Waals surface area contributed by atoms with Crippen molar-refractivity contribution in [3.8, 4) is 0 Å². The Labute approximate surface area is 148 Å². The third-order valence-electron chi connectivity index (χ3n) is 4.48. The molecule has 0 radical (unpaired) electrons. The lowest BCUT2D eigenvalue weighted by atomic mass is 9.98. The van der Waals surface area contributed by atoms with Gasteiger partial charge in [0.15, 0.2) is 5.65 Å². The Morgan fingerprint density at radius 1 is 1.46 bits per heavy atom. The van der Waals surface area contributed by atoms with Crippen LogP contribution in [0, 0.1) is 12.8 Å². The SMILES string of the molecule is CCc1nc2c(Br)cc(C)cn2c1C(=O)N1CCCC(C(=O)O)C1. The second-order valence-corrected chi connectivity index (χ2v) is 7.10. The maximum absolute atomic E-state index is 13.1. The second-order valence-electron chi connectivity index (χ2n) is 6.25.